The quantitative estimate of drug-likeness (QED) is 0.838. The smallest absolute Gasteiger partial charge is 0.240 e. The molecule has 0 saturated carbocycles. The minimum absolute atomic E-state index is 0. The molecular weight excluding hydrogens is 269 g/mol. The van der Waals surface area contributed by atoms with Crippen LogP contribution in [0.5, 0.6) is 0 Å². The van der Waals surface area contributed by atoms with Gasteiger partial charge in [0.25, 0.3) is 0 Å². The van der Waals surface area contributed by atoms with Crippen LogP contribution in [0.25, 0.3) is 0 Å². The Bertz CT molecular complexity index is 336. The van der Waals surface area contributed by atoms with Crippen LogP contribution in [0.4, 0.5) is 17.6 Å². The summed E-state index contributed by atoms with van der Waals surface area (Å²) in [5.41, 5.74) is 4.69. The molecule has 0 aliphatic heterocycles. The molecule has 1 aromatic rings. The third kappa shape index (κ3) is 3.81. The van der Waals surface area contributed by atoms with Gasteiger partial charge in [-0.15, -0.1) is 12.4 Å². The molecule has 0 aromatic heterocycles. The highest BCUT2D eigenvalue weighted by atomic mass is 35.5. The standard InChI is InChI=1S/C9H8ClF4N.ClH/c10-4-1-5(11)9(6(12)2-4)7(15)3-8(13)14;/h1-2,7-8H,3,15H2;1H/t7-;/m0./s1. The lowest BCUT2D eigenvalue weighted by Crippen LogP contribution is -2.17. The number of halogens is 6. The highest BCUT2D eigenvalue weighted by Crippen LogP contribution is 2.26. The second-order valence-corrected chi connectivity index (χ2v) is 3.45. The fourth-order valence-electron chi connectivity index (χ4n) is 1.22. The summed E-state index contributed by atoms with van der Waals surface area (Å²) in [5.74, 6) is -2.01. The second kappa shape index (κ2) is 6.27. The van der Waals surface area contributed by atoms with Gasteiger partial charge in [0.15, 0.2) is 0 Å². The highest BCUT2D eigenvalue weighted by Gasteiger charge is 2.20. The zero-order chi connectivity index (χ0) is 11.6. The zero-order valence-corrected chi connectivity index (χ0v) is 9.46. The Hall–Kier alpha value is -0.520. The van der Waals surface area contributed by atoms with E-state index in [1.165, 1.54) is 0 Å². The summed E-state index contributed by atoms with van der Waals surface area (Å²) in [6.07, 6.45) is -3.51. The van der Waals surface area contributed by atoms with E-state index in [2.05, 4.69) is 0 Å². The van der Waals surface area contributed by atoms with Crippen LogP contribution in [-0.4, -0.2) is 6.43 Å². The Morgan fingerprint density at radius 2 is 1.62 bits per heavy atom. The average molecular weight is 278 g/mol. The summed E-state index contributed by atoms with van der Waals surface area (Å²) >= 11 is 5.36. The first kappa shape index (κ1) is 15.5. The van der Waals surface area contributed by atoms with Crippen molar-refractivity contribution < 1.29 is 17.6 Å². The molecule has 0 unspecified atom stereocenters. The van der Waals surface area contributed by atoms with Gasteiger partial charge in [0.05, 0.1) is 0 Å². The van der Waals surface area contributed by atoms with Gasteiger partial charge in [0.2, 0.25) is 6.43 Å². The first-order chi connectivity index (χ1) is 6.91. The minimum atomic E-state index is -2.71. The number of nitrogens with two attached hydrogens (primary N) is 1. The lowest BCUT2D eigenvalue weighted by molar-refractivity contribution is 0.127. The Morgan fingerprint density at radius 3 is 2.00 bits per heavy atom. The molecule has 7 heteroatoms. The number of rotatable bonds is 3. The van der Waals surface area contributed by atoms with E-state index in [9.17, 15) is 17.6 Å². The van der Waals surface area contributed by atoms with Crippen LogP contribution in [0.1, 0.15) is 18.0 Å². The van der Waals surface area contributed by atoms with Crippen molar-refractivity contribution in [1.82, 2.24) is 0 Å². The topological polar surface area (TPSA) is 26.0 Å². The maximum absolute atomic E-state index is 13.2. The van der Waals surface area contributed by atoms with E-state index < -0.39 is 36.1 Å². The summed E-state index contributed by atoms with van der Waals surface area (Å²) in [7, 11) is 0. The van der Waals surface area contributed by atoms with Gasteiger partial charge in [-0.2, -0.15) is 0 Å². The van der Waals surface area contributed by atoms with Crippen LogP contribution < -0.4 is 5.73 Å². The largest absolute Gasteiger partial charge is 0.324 e. The molecule has 1 aromatic carbocycles. The Labute approximate surface area is 101 Å². The Morgan fingerprint density at radius 1 is 1.19 bits per heavy atom. The molecule has 16 heavy (non-hydrogen) atoms. The van der Waals surface area contributed by atoms with E-state index in [-0.39, 0.29) is 17.4 Å². The third-order valence-electron chi connectivity index (χ3n) is 1.85. The van der Waals surface area contributed by atoms with Gasteiger partial charge >= 0.3 is 0 Å². The predicted molar refractivity (Wildman–Crippen MR) is 56.2 cm³/mol. The summed E-state index contributed by atoms with van der Waals surface area (Å²) in [5, 5.41) is -0.141. The minimum Gasteiger partial charge on any atom is -0.324 e. The summed E-state index contributed by atoms with van der Waals surface area (Å²) in [4.78, 5) is 0. The van der Waals surface area contributed by atoms with Gasteiger partial charge in [-0.05, 0) is 12.1 Å². The molecule has 0 radical (unpaired) electrons. The van der Waals surface area contributed by atoms with Gasteiger partial charge in [0, 0.05) is 23.0 Å². The van der Waals surface area contributed by atoms with Crippen molar-refractivity contribution in [2.45, 2.75) is 18.9 Å². The molecule has 0 spiro atoms. The van der Waals surface area contributed by atoms with E-state index in [0.717, 1.165) is 12.1 Å². The zero-order valence-electron chi connectivity index (χ0n) is 7.89. The molecule has 0 aliphatic carbocycles. The molecule has 0 heterocycles. The third-order valence-corrected chi connectivity index (χ3v) is 2.06. The highest BCUT2D eigenvalue weighted by molar-refractivity contribution is 6.30. The first-order valence-corrected chi connectivity index (χ1v) is 4.47. The van der Waals surface area contributed by atoms with Crippen molar-refractivity contribution in [2.24, 2.45) is 5.73 Å². The van der Waals surface area contributed by atoms with Crippen LogP contribution in [0.15, 0.2) is 12.1 Å². The number of alkyl halides is 2. The number of benzene rings is 1. The van der Waals surface area contributed by atoms with Crippen LogP contribution in [0.3, 0.4) is 0 Å². The van der Waals surface area contributed by atoms with Gasteiger partial charge in [-0.25, -0.2) is 17.6 Å². The molecule has 0 amide bonds. The van der Waals surface area contributed by atoms with Crippen molar-refractivity contribution in [1.29, 1.82) is 0 Å². The molecule has 0 saturated heterocycles. The van der Waals surface area contributed by atoms with Crippen LogP contribution >= 0.6 is 24.0 Å². The summed E-state index contributed by atoms with van der Waals surface area (Å²) < 4.78 is 50.3. The molecule has 1 atom stereocenters. The second-order valence-electron chi connectivity index (χ2n) is 3.02. The van der Waals surface area contributed by atoms with E-state index >= 15 is 0 Å². The first-order valence-electron chi connectivity index (χ1n) is 4.10. The normalized spacial score (nSPS) is 12.4. The molecule has 92 valence electrons. The molecule has 0 bridgehead atoms. The molecule has 0 aliphatic rings. The predicted octanol–water partition coefficient (Wildman–Crippen LogP) is 3.70. The Balaban J connectivity index is 0.00000225. The van der Waals surface area contributed by atoms with Crippen molar-refractivity contribution >= 4 is 24.0 Å². The maximum atomic E-state index is 13.2. The van der Waals surface area contributed by atoms with Crippen molar-refractivity contribution in [3.8, 4) is 0 Å². The summed E-state index contributed by atoms with van der Waals surface area (Å²) in [6.45, 7) is 0. The van der Waals surface area contributed by atoms with Crippen LogP contribution in [-0.2, 0) is 0 Å². The summed E-state index contributed by atoms with van der Waals surface area (Å²) in [6, 6.07) is 0.304. The molecular formula is C9H9Cl2F4N. The molecule has 0 fully saturated rings. The monoisotopic (exact) mass is 277 g/mol. The van der Waals surface area contributed by atoms with E-state index in [4.69, 9.17) is 17.3 Å². The van der Waals surface area contributed by atoms with Gasteiger partial charge < -0.3 is 5.73 Å². The fourth-order valence-corrected chi connectivity index (χ4v) is 1.41. The molecule has 1 rings (SSSR count). The van der Waals surface area contributed by atoms with Crippen LogP contribution in [0, 0.1) is 11.6 Å². The van der Waals surface area contributed by atoms with Gasteiger partial charge in [-0.1, -0.05) is 11.6 Å². The Kier molecular flexibility index (Phi) is 6.07. The van der Waals surface area contributed by atoms with Crippen molar-refractivity contribution in [2.75, 3.05) is 0 Å². The fraction of sp³-hybridized carbons (Fsp3) is 0.333. The lowest BCUT2D eigenvalue weighted by Gasteiger charge is -2.13. The SMILES string of the molecule is Cl.N[C@@H](CC(F)F)c1c(F)cc(Cl)cc1F. The average Bonchev–Trinajstić information content (AvgIpc) is 1.99. The van der Waals surface area contributed by atoms with Crippen molar-refractivity contribution in [3.63, 3.8) is 0 Å². The van der Waals surface area contributed by atoms with Crippen LogP contribution in [0.2, 0.25) is 5.02 Å². The molecule has 1 nitrogen and oxygen atoms in total. The number of hydrogen-bond donors (Lipinski definition) is 1. The van der Waals surface area contributed by atoms with Gasteiger partial charge in [0.1, 0.15) is 11.6 Å². The number of hydrogen-bond acceptors (Lipinski definition) is 1. The molecule has 2 N–H and O–H groups in total. The van der Waals surface area contributed by atoms with Crippen molar-refractivity contribution in [3.05, 3.63) is 34.4 Å². The lowest BCUT2D eigenvalue weighted by atomic mass is 10.0. The maximum Gasteiger partial charge on any atom is 0.240 e. The van der Waals surface area contributed by atoms with E-state index in [0.29, 0.717) is 0 Å². The van der Waals surface area contributed by atoms with E-state index in [1.54, 1.807) is 0 Å². The van der Waals surface area contributed by atoms with Gasteiger partial charge in [-0.3, -0.25) is 0 Å². The van der Waals surface area contributed by atoms with E-state index in [1.807, 2.05) is 0 Å².